The number of para-hydroxylation sites is 3. The van der Waals surface area contributed by atoms with E-state index in [-0.39, 0.29) is 11.7 Å². The summed E-state index contributed by atoms with van der Waals surface area (Å²) in [5, 5.41) is 0. The highest BCUT2D eigenvalue weighted by Crippen LogP contribution is 2.32. The molecule has 0 saturated carbocycles. The molecule has 0 atom stereocenters. The largest absolute Gasteiger partial charge is 0.396 e. The maximum Gasteiger partial charge on any atom is 0.146 e. The van der Waals surface area contributed by atoms with E-state index in [4.69, 9.17) is 5.73 Å². The first-order valence-corrected chi connectivity index (χ1v) is 6.61. The maximum atomic E-state index is 13.7. The van der Waals surface area contributed by atoms with Crippen molar-refractivity contribution in [2.45, 2.75) is 19.9 Å². The molecule has 0 fully saturated rings. The van der Waals surface area contributed by atoms with Gasteiger partial charge in [0.05, 0.1) is 16.7 Å². The highest BCUT2D eigenvalue weighted by Gasteiger charge is 2.17. The number of benzene rings is 2. The van der Waals surface area contributed by atoms with Gasteiger partial charge in [0.25, 0.3) is 0 Å². The topological polar surface area (TPSA) is 43.8 Å². The van der Waals surface area contributed by atoms with Gasteiger partial charge in [-0.15, -0.1) is 0 Å². The summed E-state index contributed by atoms with van der Waals surface area (Å²) in [7, 11) is 0. The highest BCUT2D eigenvalue weighted by molar-refractivity contribution is 5.83. The molecule has 0 spiro atoms. The van der Waals surface area contributed by atoms with Crippen molar-refractivity contribution in [3.8, 4) is 11.4 Å². The van der Waals surface area contributed by atoms with Crippen LogP contribution in [-0.2, 0) is 0 Å². The van der Waals surface area contributed by atoms with Crippen LogP contribution in [0.3, 0.4) is 0 Å². The van der Waals surface area contributed by atoms with Crippen LogP contribution in [-0.4, -0.2) is 9.55 Å². The van der Waals surface area contributed by atoms with Crippen LogP contribution >= 0.6 is 0 Å². The third kappa shape index (κ3) is 1.84. The Bertz CT molecular complexity index is 774. The minimum absolute atomic E-state index is 0.143. The molecule has 0 aliphatic rings. The average Bonchev–Trinajstić information content (AvgIpc) is 2.81. The lowest BCUT2D eigenvalue weighted by molar-refractivity contribution is 0.620. The predicted octanol–water partition coefficient (Wildman–Crippen LogP) is 4.01. The summed E-state index contributed by atoms with van der Waals surface area (Å²) < 4.78 is 15.8. The van der Waals surface area contributed by atoms with E-state index in [2.05, 4.69) is 23.4 Å². The number of nitrogen functional groups attached to an aromatic ring is 1. The van der Waals surface area contributed by atoms with E-state index in [1.807, 2.05) is 24.3 Å². The summed E-state index contributed by atoms with van der Waals surface area (Å²) in [6.45, 7) is 4.15. The molecule has 102 valence electrons. The van der Waals surface area contributed by atoms with Gasteiger partial charge in [0.15, 0.2) is 0 Å². The number of rotatable bonds is 2. The molecule has 0 aliphatic carbocycles. The van der Waals surface area contributed by atoms with Crippen LogP contribution in [0, 0.1) is 5.82 Å². The Morgan fingerprint density at radius 3 is 2.60 bits per heavy atom. The summed E-state index contributed by atoms with van der Waals surface area (Å²) in [5.41, 5.74) is 8.57. The molecule has 0 aliphatic heterocycles. The summed E-state index contributed by atoms with van der Waals surface area (Å²) in [4.78, 5) is 4.62. The number of nitrogens with two attached hydrogens (primary N) is 1. The second kappa shape index (κ2) is 4.63. The van der Waals surface area contributed by atoms with Gasteiger partial charge < -0.3 is 10.3 Å². The van der Waals surface area contributed by atoms with E-state index in [0.29, 0.717) is 11.4 Å². The van der Waals surface area contributed by atoms with Gasteiger partial charge in [-0.05, 0) is 38.1 Å². The van der Waals surface area contributed by atoms with E-state index in [0.717, 1.165) is 11.0 Å². The lowest BCUT2D eigenvalue weighted by Gasteiger charge is -2.14. The van der Waals surface area contributed by atoms with E-state index in [1.54, 1.807) is 12.1 Å². The van der Waals surface area contributed by atoms with Gasteiger partial charge in [0.1, 0.15) is 11.6 Å². The van der Waals surface area contributed by atoms with Crippen molar-refractivity contribution in [1.29, 1.82) is 0 Å². The second-order valence-corrected chi connectivity index (χ2v) is 5.09. The third-order valence-corrected chi connectivity index (χ3v) is 3.41. The minimum Gasteiger partial charge on any atom is -0.396 e. The number of hydrogen-bond acceptors (Lipinski definition) is 2. The normalized spacial score (nSPS) is 11.4. The van der Waals surface area contributed by atoms with Crippen molar-refractivity contribution in [2.75, 3.05) is 5.73 Å². The number of hydrogen-bond donors (Lipinski definition) is 1. The van der Waals surface area contributed by atoms with Crippen molar-refractivity contribution in [3.05, 3.63) is 48.3 Å². The monoisotopic (exact) mass is 269 g/mol. The Morgan fingerprint density at radius 1 is 1.10 bits per heavy atom. The first-order valence-electron chi connectivity index (χ1n) is 6.61. The van der Waals surface area contributed by atoms with Gasteiger partial charge in [-0.25, -0.2) is 9.37 Å². The minimum atomic E-state index is -0.412. The van der Waals surface area contributed by atoms with Crippen LogP contribution < -0.4 is 5.73 Å². The van der Waals surface area contributed by atoms with Crippen LogP contribution in [0.25, 0.3) is 22.4 Å². The smallest absolute Gasteiger partial charge is 0.146 e. The first kappa shape index (κ1) is 12.7. The zero-order chi connectivity index (χ0) is 14.3. The van der Waals surface area contributed by atoms with Crippen LogP contribution in [0.5, 0.6) is 0 Å². The first-order chi connectivity index (χ1) is 9.59. The molecule has 1 heterocycles. The molecule has 20 heavy (non-hydrogen) atoms. The summed E-state index contributed by atoms with van der Waals surface area (Å²) in [6, 6.07) is 12.9. The Hall–Kier alpha value is -2.36. The van der Waals surface area contributed by atoms with Crippen molar-refractivity contribution < 1.29 is 4.39 Å². The fourth-order valence-corrected chi connectivity index (χ4v) is 2.49. The van der Waals surface area contributed by atoms with Gasteiger partial charge in [0, 0.05) is 11.6 Å². The van der Waals surface area contributed by atoms with E-state index < -0.39 is 5.82 Å². The Balaban J connectivity index is 2.36. The fourth-order valence-electron chi connectivity index (χ4n) is 2.49. The third-order valence-electron chi connectivity index (χ3n) is 3.41. The molecule has 2 aromatic carbocycles. The second-order valence-electron chi connectivity index (χ2n) is 5.09. The highest BCUT2D eigenvalue weighted by atomic mass is 19.1. The van der Waals surface area contributed by atoms with Gasteiger partial charge in [-0.2, -0.15) is 0 Å². The molecule has 1 aromatic heterocycles. The van der Waals surface area contributed by atoms with E-state index >= 15 is 0 Å². The van der Waals surface area contributed by atoms with Crippen LogP contribution in [0.2, 0.25) is 0 Å². The summed E-state index contributed by atoms with van der Waals surface area (Å²) in [6.07, 6.45) is 0. The SMILES string of the molecule is CC(C)n1c(-c2cccc(F)c2N)nc2ccccc21. The van der Waals surface area contributed by atoms with Crippen molar-refractivity contribution >= 4 is 16.7 Å². The molecule has 3 rings (SSSR count). The lowest BCUT2D eigenvalue weighted by atomic mass is 10.1. The summed E-state index contributed by atoms with van der Waals surface area (Å²) in [5.74, 6) is 0.295. The molecule has 0 saturated heterocycles. The van der Waals surface area contributed by atoms with Crippen LogP contribution in [0.15, 0.2) is 42.5 Å². The number of halogens is 1. The average molecular weight is 269 g/mol. The summed E-state index contributed by atoms with van der Waals surface area (Å²) >= 11 is 0. The van der Waals surface area contributed by atoms with E-state index in [1.165, 1.54) is 6.07 Å². The molecular formula is C16H16FN3. The molecule has 2 N–H and O–H groups in total. The Morgan fingerprint density at radius 2 is 1.85 bits per heavy atom. The lowest BCUT2D eigenvalue weighted by Crippen LogP contribution is -2.05. The number of anilines is 1. The molecule has 4 heteroatoms. The van der Waals surface area contributed by atoms with Crippen molar-refractivity contribution in [1.82, 2.24) is 9.55 Å². The number of nitrogens with zero attached hydrogens (tertiary/aromatic N) is 2. The Labute approximate surface area is 116 Å². The van der Waals surface area contributed by atoms with Gasteiger partial charge in [0.2, 0.25) is 0 Å². The fraction of sp³-hybridized carbons (Fsp3) is 0.188. The van der Waals surface area contributed by atoms with Gasteiger partial charge in [-0.1, -0.05) is 18.2 Å². The number of aromatic nitrogens is 2. The zero-order valence-corrected chi connectivity index (χ0v) is 11.5. The van der Waals surface area contributed by atoms with Crippen molar-refractivity contribution in [2.24, 2.45) is 0 Å². The van der Waals surface area contributed by atoms with E-state index in [9.17, 15) is 4.39 Å². The van der Waals surface area contributed by atoms with Gasteiger partial charge >= 0.3 is 0 Å². The maximum absolute atomic E-state index is 13.7. The predicted molar refractivity (Wildman–Crippen MR) is 79.9 cm³/mol. The number of fused-ring (bicyclic) bond motifs is 1. The van der Waals surface area contributed by atoms with Crippen LogP contribution in [0.4, 0.5) is 10.1 Å². The molecule has 3 aromatic rings. The molecule has 0 amide bonds. The quantitative estimate of drug-likeness (QED) is 0.714. The van der Waals surface area contributed by atoms with Crippen molar-refractivity contribution in [3.63, 3.8) is 0 Å². The molecule has 0 radical (unpaired) electrons. The molecule has 3 nitrogen and oxygen atoms in total. The standard InChI is InChI=1S/C16H16FN3/c1-10(2)20-14-9-4-3-8-13(14)19-16(20)11-6-5-7-12(17)15(11)18/h3-10H,18H2,1-2H3. The van der Waals surface area contributed by atoms with Gasteiger partial charge in [-0.3, -0.25) is 0 Å². The molecular weight excluding hydrogens is 253 g/mol. The zero-order valence-electron chi connectivity index (χ0n) is 11.5. The van der Waals surface area contributed by atoms with Crippen LogP contribution in [0.1, 0.15) is 19.9 Å². The Kier molecular flexibility index (Phi) is 2.93. The molecule has 0 unspecified atom stereocenters. The molecule has 0 bridgehead atoms. The number of imidazole rings is 1.